The van der Waals surface area contributed by atoms with E-state index in [1.54, 1.807) is 0 Å². The Bertz CT molecular complexity index is 912. The topological polar surface area (TPSA) is 58.6 Å². The molecule has 1 N–H and O–H groups in total. The Kier molecular flexibility index (Phi) is 7.83. The van der Waals surface area contributed by atoms with Crippen LogP contribution in [0.3, 0.4) is 0 Å². The van der Waals surface area contributed by atoms with Crippen LogP contribution in [0.1, 0.15) is 51.2 Å². The lowest BCUT2D eigenvalue weighted by atomic mass is 9.70. The predicted octanol–water partition coefficient (Wildman–Crippen LogP) is 5.63. The molecule has 2 aromatic carbocycles. The second kappa shape index (κ2) is 10.4. The molecule has 6 heteroatoms. The second-order valence-electron chi connectivity index (χ2n) is 9.57. The molecule has 1 heterocycles. The Balaban J connectivity index is 1.62. The fraction of sp³-hybridized carbons (Fsp3) is 0.462. The number of carbonyl (C=O) groups is 2. The number of halogens is 1. The molecule has 0 saturated carbocycles. The number of hydrogen-bond donors (Lipinski definition) is 1. The van der Waals surface area contributed by atoms with Crippen LogP contribution < -0.4 is 5.32 Å². The molecule has 0 spiro atoms. The largest absolute Gasteiger partial charge is 0.445 e. The van der Waals surface area contributed by atoms with Crippen LogP contribution in [0.25, 0.3) is 0 Å². The molecule has 0 radical (unpaired) electrons. The van der Waals surface area contributed by atoms with Crippen molar-refractivity contribution < 1.29 is 14.3 Å². The summed E-state index contributed by atoms with van der Waals surface area (Å²) in [5.41, 5.74) is 2.05. The van der Waals surface area contributed by atoms with E-state index in [4.69, 9.17) is 16.3 Å². The summed E-state index contributed by atoms with van der Waals surface area (Å²) in [6.45, 7) is 9.71. The number of likely N-dealkylation sites (tertiary alicyclic amines) is 1. The first-order chi connectivity index (χ1) is 15.2. The molecule has 3 rings (SSSR count). The average Bonchev–Trinajstić information content (AvgIpc) is 2.76. The summed E-state index contributed by atoms with van der Waals surface area (Å²) in [5.74, 6) is 0.230. The van der Waals surface area contributed by atoms with Gasteiger partial charge in [0, 0.05) is 18.1 Å². The highest BCUT2D eigenvalue weighted by Gasteiger charge is 2.40. The Morgan fingerprint density at radius 1 is 1.12 bits per heavy atom. The number of ether oxygens (including phenoxy) is 1. The SMILES string of the molecule is CC(C)[C@@H](NC(=O)OCc1ccccc1)C(=O)N1CC[C@H](c2ccc(Cl)cc2)C(C)(C)C1. The minimum atomic E-state index is -0.624. The lowest BCUT2D eigenvalue weighted by Gasteiger charge is -2.45. The molecule has 5 nitrogen and oxygen atoms in total. The van der Waals surface area contributed by atoms with E-state index in [1.807, 2.05) is 61.2 Å². The first kappa shape index (κ1) is 24.1. The van der Waals surface area contributed by atoms with Crippen LogP contribution >= 0.6 is 11.6 Å². The van der Waals surface area contributed by atoms with Gasteiger partial charge in [-0.3, -0.25) is 4.79 Å². The van der Waals surface area contributed by atoms with Gasteiger partial charge in [-0.2, -0.15) is 0 Å². The van der Waals surface area contributed by atoms with Crippen molar-refractivity contribution in [3.8, 4) is 0 Å². The van der Waals surface area contributed by atoms with Gasteiger partial charge in [0.1, 0.15) is 12.6 Å². The van der Waals surface area contributed by atoms with E-state index in [2.05, 4.69) is 31.3 Å². The number of nitrogens with zero attached hydrogens (tertiary/aromatic N) is 1. The lowest BCUT2D eigenvalue weighted by Crippen LogP contribution is -2.56. The van der Waals surface area contributed by atoms with Crippen LogP contribution in [-0.4, -0.2) is 36.0 Å². The number of nitrogens with one attached hydrogen (secondary N) is 1. The van der Waals surface area contributed by atoms with E-state index >= 15 is 0 Å². The van der Waals surface area contributed by atoms with Crippen LogP contribution in [-0.2, 0) is 16.1 Å². The molecule has 0 unspecified atom stereocenters. The molecule has 0 aliphatic carbocycles. The highest BCUT2D eigenvalue weighted by molar-refractivity contribution is 6.30. The Labute approximate surface area is 196 Å². The second-order valence-corrected chi connectivity index (χ2v) is 10.0. The van der Waals surface area contributed by atoms with Crippen molar-refractivity contribution in [1.29, 1.82) is 0 Å². The van der Waals surface area contributed by atoms with E-state index < -0.39 is 12.1 Å². The molecule has 2 aromatic rings. The maximum absolute atomic E-state index is 13.4. The zero-order chi connectivity index (χ0) is 23.3. The molecule has 1 fully saturated rings. The molecule has 32 heavy (non-hydrogen) atoms. The lowest BCUT2D eigenvalue weighted by molar-refractivity contribution is -0.138. The molecule has 1 aliphatic heterocycles. The molecule has 1 saturated heterocycles. The zero-order valence-corrected chi connectivity index (χ0v) is 20.1. The molecule has 172 valence electrons. The highest BCUT2D eigenvalue weighted by Crippen LogP contribution is 2.42. The summed E-state index contributed by atoms with van der Waals surface area (Å²) in [4.78, 5) is 27.6. The third kappa shape index (κ3) is 6.04. The predicted molar refractivity (Wildman–Crippen MR) is 128 cm³/mol. The van der Waals surface area contributed by atoms with Gasteiger partial charge in [0.25, 0.3) is 0 Å². The van der Waals surface area contributed by atoms with Crippen LogP contribution in [0.4, 0.5) is 4.79 Å². The Hall–Kier alpha value is -2.53. The zero-order valence-electron chi connectivity index (χ0n) is 19.3. The monoisotopic (exact) mass is 456 g/mol. The van der Waals surface area contributed by atoms with Gasteiger partial charge in [-0.15, -0.1) is 0 Å². The van der Waals surface area contributed by atoms with E-state index in [-0.39, 0.29) is 23.8 Å². The van der Waals surface area contributed by atoms with Gasteiger partial charge in [-0.25, -0.2) is 4.79 Å². The minimum Gasteiger partial charge on any atom is -0.445 e. The normalized spacial score (nSPS) is 18.8. The molecule has 0 aromatic heterocycles. The molecular weight excluding hydrogens is 424 g/mol. The fourth-order valence-electron chi connectivity index (χ4n) is 4.46. The van der Waals surface area contributed by atoms with E-state index in [1.165, 1.54) is 5.56 Å². The van der Waals surface area contributed by atoms with Crippen molar-refractivity contribution in [2.45, 2.75) is 52.7 Å². The number of carbonyl (C=O) groups excluding carboxylic acids is 2. The third-order valence-corrected chi connectivity index (χ3v) is 6.48. The maximum atomic E-state index is 13.4. The van der Waals surface area contributed by atoms with Crippen molar-refractivity contribution in [3.05, 3.63) is 70.7 Å². The van der Waals surface area contributed by atoms with Crippen LogP contribution in [0.15, 0.2) is 54.6 Å². The first-order valence-corrected chi connectivity index (χ1v) is 11.6. The summed E-state index contributed by atoms with van der Waals surface area (Å²) < 4.78 is 5.34. The van der Waals surface area contributed by atoms with Crippen molar-refractivity contribution in [1.82, 2.24) is 10.2 Å². The van der Waals surface area contributed by atoms with Crippen LogP contribution in [0, 0.1) is 11.3 Å². The fourth-order valence-corrected chi connectivity index (χ4v) is 4.59. The van der Waals surface area contributed by atoms with Gasteiger partial charge in [0.2, 0.25) is 5.91 Å². The van der Waals surface area contributed by atoms with E-state index in [0.29, 0.717) is 19.0 Å². The average molecular weight is 457 g/mol. The minimum absolute atomic E-state index is 0.0520. The van der Waals surface area contributed by atoms with Gasteiger partial charge in [-0.1, -0.05) is 81.8 Å². The van der Waals surface area contributed by atoms with Gasteiger partial charge >= 0.3 is 6.09 Å². The molecule has 0 bridgehead atoms. The number of hydrogen-bond acceptors (Lipinski definition) is 3. The summed E-state index contributed by atoms with van der Waals surface area (Å²) in [7, 11) is 0. The van der Waals surface area contributed by atoms with Gasteiger partial charge in [0.05, 0.1) is 0 Å². The van der Waals surface area contributed by atoms with Gasteiger partial charge in [-0.05, 0) is 46.9 Å². The number of benzene rings is 2. The first-order valence-electron chi connectivity index (χ1n) is 11.2. The highest BCUT2D eigenvalue weighted by atomic mass is 35.5. The Morgan fingerprint density at radius 2 is 1.78 bits per heavy atom. The molecule has 2 atom stereocenters. The summed E-state index contributed by atoms with van der Waals surface area (Å²) in [6, 6.07) is 16.9. The number of amides is 2. The standard InChI is InChI=1S/C26H33ClN2O3/c1-18(2)23(28-25(31)32-16-19-8-6-5-7-9-19)24(30)29-15-14-22(26(3,4)17-29)20-10-12-21(27)13-11-20/h5-13,18,22-23H,14-17H2,1-4H3,(H,28,31)/t22-,23-/m1/s1. The van der Waals surface area contributed by atoms with Crippen molar-refractivity contribution in [2.75, 3.05) is 13.1 Å². The molecule has 2 amide bonds. The number of alkyl carbamates (subject to hydrolysis) is 1. The van der Waals surface area contributed by atoms with Crippen molar-refractivity contribution >= 4 is 23.6 Å². The summed E-state index contributed by atoms with van der Waals surface area (Å²) >= 11 is 6.05. The number of rotatable bonds is 6. The van der Waals surface area contributed by atoms with Crippen molar-refractivity contribution in [2.24, 2.45) is 11.3 Å². The quantitative estimate of drug-likeness (QED) is 0.612. The van der Waals surface area contributed by atoms with E-state index in [9.17, 15) is 9.59 Å². The van der Waals surface area contributed by atoms with Crippen molar-refractivity contribution in [3.63, 3.8) is 0 Å². The molecular formula is C26H33ClN2O3. The van der Waals surface area contributed by atoms with Crippen LogP contribution in [0.2, 0.25) is 5.02 Å². The van der Waals surface area contributed by atoms with Crippen LogP contribution in [0.5, 0.6) is 0 Å². The van der Waals surface area contributed by atoms with E-state index in [0.717, 1.165) is 17.0 Å². The summed E-state index contributed by atoms with van der Waals surface area (Å²) in [5, 5.41) is 3.52. The number of piperidine rings is 1. The summed E-state index contributed by atoms with van der Waals surface area (Å²) in [6.07, 6.45) is 0.292. The third-order valence-electron chi connectivity index (χ3n) is 6.23. The van der Waals surface area contributed by atoms with Gasteiger partial charge < -0.3 is 15.0 Å². The molecule has 1 aliphatic rings. The smallest absolute Gasteiger partial charge is 0.408 e. The Morgan fingerprint density at radius 3 is 2.38 bits per heavy atom. The maximum Gasteiger partial charge on any atom is 0.408 e. The van der Waals surface area contributed by atoms with Gasteiger partial charge in [0.15, 0.2) is 0 Å².